The molecule has 0 aliphatic heterocycles. The van der Waals surface area contributed by atoms with Gasteiger partial charge in [0.05, 0.1) is 0 Å². The van der Waals surface area contributed by atoms with Gasteiger partial charge in [0, 0.05) is 4.47 Å². The van der Waals surface area contributed by atoms with Crippen molar-refractivity contribution in [2.24, 2.45) is 0 Å². The first-order valence-corrected chi connectivity index (χ1v) is 4.60. The van der Waals surface area contributed by atoms with E-state index in [1.165, 1.54) is 6.08 Å². The molecule has 3 nitrogen and oxygen atoms in total. The minimum atomic E-state index is -1.45. The molecule has 1 aromatic carbocycles. The first kappa shape index (κ1) is 15.2. The van der Waals surface area contributed by atoms with Gasteiger partial charge < -0.3 is 6.53 Å². The molecule has 0 heterocycles. The Morgan fingerprint density at radius 3 is 2.60 bits per heavy atom. The zero-order valence-electron chi connectivity index (χ0n) is 9.11. The van der Waals surface area contributed by atoms with Gasteiger partial charge in [-0.2, -0.15) is 0 Å². The number of rotatable bonds is 3. The number of hydrogen-bond donors (Lipinski definition) is 1. The molecule has 15 heavy (non-hydrogen) atoms. The van der Waals surface area contributed by atoms with Crippen LogP contribution in [0.1, 0.15) is 6.99 Å². The number of hydrogen-bond acceptors (Lipinski definition) is 2. The van der Waals surface area contributed by atoms with Crippen LogP contribution in [0, 0.1) is 0 Å². The molecule has 0 unspecified atom stereocenters. The fourth-order valence-corrected chi connectivity index (χ4v) is 1.27. The number of carboxylic acids is 1. The maximum Gasteiger partial charge on any atom is 1.00 e. The summed E-state index contributed by atoms with van der Waals surface area (Å²) in [5.74, 6) is -2.37. The fourth-order valence-electron chi connectivity index (χ4n) is 0.853. The topological polar surface area (TPSA) is 54.4 Å². The molecule has 0 amide bonds. The first-order chi connectivity index (χ1) is 6.59. The van der Waals surface area contributed by atoms with E-state index in [4.69, 9.17) is 5.11 Å². The van der Waals surface area contributed by atoms with Crippen molar-refractivity contribution in [3.8, 4) is 0 Å². The van der Waals surface area contributed by atoms with Crippen molar-refractivity contribution >= 4 is 33.8 Å². The van der Waals surface area contributed by atoms with Crippen molar-refractivity contribution in [1.29, 1.82) is 0 Å². The maximum atomic E-state index is 10.7. The van der Waals surface area contributed by atoms with Crippen LogP contribution in [-0.2, 0) is 9.59 Å². The quantitative estimate of drug-likeness (QED) is 0.453. The molecular formula is C10H8BrKO3. The number of carbonyl (C=O) groups is 2. The summed E-state index contributed by atoms with van der Waals surface area (Å²) < 4.78 is 0.877. The molecule has 0 radical (unpaired) electrons. The summed E-state index contributed by atoms with van der Waals surface area (Å²) in [4.78, 5) is 20.9. The van der Waals surface area contributed by atoms with Gasteiger partial charge in [0.1, 0.15) is 0 Å². The zero-order chi connectivity index (χ0) is 10.6. The second kappa shape index (κ2) is 7.48. The van der Waals surface area contributed by atoms with E-state index in [0.717, 1.165) is 16.1 Å². The number of ketones is 1. The summed E-state index contributed by atoms with van der Waals surface area (Å²) in [5, 5.41) is 8.30. The molecule has 74 valence electrons. The summed E-state index contributed by atoms with van der Waals surface area (Å²) in [6, 6.07) is 7.20. The van der Waals surface area contributed by atoms with Crippen molar-refractivity contribution in [3.63, 3.8) is 0 Å². The molecule has 0 atom stereocenters. The van der Waals surface area contributed by atoms with Gasteiger partial charge in [0.15, 0.2) is 0 Å². The van der Waals surface area contributed by atoms with Crippen LogP contribution in [0.5, 0.6) is 0 Å². The molecule has 0 bridgehead atoms. The van der Waals surface area contributed by atoms with E-state index < -0.39 is 11.8 Å². The van der Waals surface area contributed by atoms with Crippen LogP contribution in [0.25, 0.3) is 6.08 Å². The fraction of sp³-hybridized carbons (Fsp3) is 0. The summed E-state index contributed by atoms with van der Waals surface area (Å²) in [7, 11) is 0. The van der Waals surface area contributed by atoms with Gasteiger partial charge in [-0.05, 0) is 23.8 Å². The van der Waals surface area contributed by atoms with E-state index in [1.807, 2.05) is 6.07 Å². The van der Waals surface area contributed by atoms with Gasteiger partial charge in [-0.25, -0.2) is 4.79 Å². The molecule has 1 N–H and O–H groups in total. The van der Waals surface area contributed by atoms with Gasteiger partial charge in [-0.1, -0.05) is 34.1 Å². The van der Waals surface area contributed by atoms with Crippen LogP contribution in [0.2, 0.25) is 0 Å². The predicted octanol–water partition coefficient (Wildman–Crippen LogP) is -0.767. The third-order valence-corrected chi connectivity index (χ3v) is 1.98. The Morgan fingerprint density at radius 2 is 2.07 bits per heavy atom. The Bertz CT molecular complexity index is 407. The van der Waals surface area contributed by atoms with Crippen LogP contribution < -0.4 is 51.4 Å². The van der Waals surface area contributed by atoms with Crippen molar-refractivity contribution in [1.82, 2.24) is 0 Å². The van der Waals surface area contributed by atoms with Crippen LogP contribution in [0.3, 0.4) is 0 Å². The second-order valence-corrected chi connectivity index (χ2v) is 3.47. The predicted molar refractivity (Wildman–Crippen MR) is 56.9 cm³/mol. The van der Waals surface area contributed by atoms with E-state index in [2.05, 4.69) is 15.9 Å². The molecule has 0 aliphatic rings. The van der Waals surface area contributed by atoms with Crippen LogP contribution in [0.15, 0.2) is 34.8 Å². The monoisotopic (exact) mass is 294 g/mol. The molecule has 5 heteroatoms. The minimum Gasteiger partial charge on any atom is -1.00 e. The Morgan fingerprint density at radius 1 is 1.40 bits per heavy atom. The maximum absolute atomic E-state index is 10.7. The second-order valence-electron chi connectivity index (χ2n) is 2.56. The first-order valence-electron chi connectivity index (χ1n) is 3.80. The molecule has 0 aliphatic carbocycles. The van der Waals surface area contributed by atoms with Gasteiger partial charge in [-0.15, -0.1) is 0 Å². The van der Waals surface area contributed by atoms with E-state index in [-0.39, 0.29) is 52.8 Å². The van der Waals surface area contributed by atoms with Gasteiger partial charge in [0.25, 0.3) is 5.78 Å². The van der Waals surface area contributed by atoms with Crippen molar-refractivity contribution in [2.75, 3.05) is 0 Å². The van der Waals surface area contributed by atoms with Crippen LogP contribution >= 0.6 is 15.9 Å². The van der Waals surface area contributed by atoms with Crippen LogP contribution in [0.4, 0.5) is 0 Å². The largest absolute Gasteiger partial charge is 1.00 e. The summed E-state index contributed by atoms with van der Waals surface area (Å²) in [6.07, 6.45) is 2.49. The minimum absolute atomic E-state index is 0. The van der Waals surface area contributed by atoms with E-state index in [1.54, 1.807) is 18.2 Å². The summed E-state index contributed by atoms with van der Waals surface area (Å²) in [5.41, 5.74) is 0.772. The molecular weight excluding hydrogens is 287 g/mol. The zero-order valence-corrected chi connectivity index (χ0v) is 12.8. The molecule has 1 rings (SSSR count). The van der Waals surface area contributed by atoms with E-state index in [0.29, 0.717) is 0 Å². The normalized spacial score (nSPS) is 9.67. The third-order valence-electron chi connectivity index (χ3n) is 1.49. The SMILES string of the molecule is O=C(O)C(=O)C=Cc1cccc(Br)c1.[H-].[K+]. The van der Waals surface area contributed by atoms with E-state index >= 15 is 0 Å². The molecule has 0 fully saturated rings. The molecule has 0 saturated heterocycles. The summed E-state index contributed by atoms with van der Waals surface area (Å²) >= 11 is 3.26. The number of halogens is 1. The van der Waals surface area contributed by atoms with Crippen molar-refractivity contribution in [2.45, 2.75) is 0 Å². The van der Waals surface area contributed by atoms with Gasteiger partial charge in [0.2, 0.25) is 0 Å². The molecule has 0 aromatic heterocycles. The Hall–Kier alpha value is 0.216. The van der Waals surface area contributed by atoms with Crippen molar-refractivity contribution in [3.05, 3.63) is 40.4 Å². The smallest absolute Gasteiger partial charge is 1.00 e. The van der Waals surface area contributed by atoms with Gasteiger partial charge >= 0.3 is 57.4 Å². The molecule has 1 aromatic rings. The van der Waals surface area contributed by atoms with E-state index in [9.17, 15) is 9.59 Å². The Balaban J connectivity index is 0. The number of carbonyl (C=O) groups excluding carboxylic acids is 1. The average Bonchev–Trinajstić information content (AvgIpc) is 2.14. The van der Waals surface area contributed by atoms with Gasteiger partial charge in [-0.3, -0.25) is 4.79 Å². The molecule has 0 saturated carbocycles. The number of carboxylic acid groups (broad SMARTS) is 1. The number of benzene rings is 1. The third kappa shape index (κ3) is 5.75. The Kier molecular flexibility index (Phi) is 7.59. The summed E-state index contributed by atoms with van der Waals surface area (Å²) in [6.45, 7) is 0. The van der Waals surface area contributed by atoms with Crippen molar-refractivity contribution < 1.29 is 67.5 Å². The average molecular weight is 295 g/mol. The molecule has 0 spiro atoms. The standard InChI is InChI=1S/C10H7BrO3.K.H/c11-8-3-1-2-7(6-8)4-5-9(12)10(13)14;;/h1-6H,(H,13,14);;/q;+1;-1. The Labute approximate surface area is 140 Å². The van der Waals surface area contributed by atoms with Crippen LogP contribution in [-0.4, -0.2) is 16.9 Å². The number of aliphatic carboxylic acids is 1.